The summed E-state index contributed by atoms with van der Waals surface area (Å²) >= 11 is 3.44. The van der Waals surface area contributed by atoms with Gasteiger partial charge in [0.2, 0.25) is 5.91 Å². The molecule has 0 atom stereocenters. The zero-order valence-corrected chi connectivity index (χ0v) is 16.2. The van der Waals surface area contributed by atoms with E-state index in [1.165, 1.54) is 6.07 Å². The Labute approximate surface area is 159 Å². The molecule has 6 nitrogen and oxygen atoms in total. The lowest BCUT2D eigenvalue weighted by Gasteiger charge is -2.39. The summed E-state index contributed by atoms with van der Waals surface area (Å²) in [6, 6.07) is 8.75. The summed E-state index contributed by atoms with van der Waals surface area (Å²) in [6.07, 6.45) is 0.927. The van der Waals surface area contributed by atoms with Crippen molar-refractivity contribution in [3.05, 3.63) is 56.5 Å². The summed E-state index contributed by atoms with van der Waals surface area (Å²) in [4.78, 5) is 25.4. The molecule has 26 heavy (non-hydrogen) atoms. The topological polar surface area (TPSA) is 69.0 Å². The number of rotatable bonds is 6. The molecule has 3 rings (SSSR count). The number of amides is 1. The highest BCUT2D eigenvalue weighted by Crippen LogP contribution is 2.25. The second-order valence-electron chi connectivity index (χ2n) is 6.22. The lowest BCUT2D eigenvalue weighted by molar-refractivity contribution is -0.139. The Bertz CT molecular complexity index is 857. The molecular formula is C19H20BrNO5. The van der Waals surface area contributed by atoms with E-state index < -0.39 is 5.63 Å². The number of halogens is 1. The first-order valence-electron chi connectivity index (χ1n) is 8.33. The molecule has 0 aliphatic carbocycles. The predicted octanol–water partition coefficient (Wildman–Crippen LogP) is 2.94. The van der Waals surface area contributed by atoms with Crippen LogP contribution in [-0.2, 0) is 11.2 Å². The fourth-order valence-electron chi connectivity index (χ4n) is 2.89. The molecule has 0 radical (unpaired) electrons. The zero-order valence-electron chi connectivity index (χ0n) is 14.7. The van der Waals surface area contributed by atoms with Gasteiger partial charge in [0.25, 0.3) is 0 Å². The van der Waals surface area contributed by atoms with Crippen LogP contribution in [-0.4, -0.2) is 37.1 Å². The average molecular weight is 422 g/mol. The van der Waals surface area contributed by atoms with Gasteiger partial charge in [0.05, 0.1) is 26.3 Å². The standard InChI is InChI=1S/C19H20BrNO5/c1-12-7-15(9-19(23)25-12)26-16-10-21(11-16)18(22)6-3-13-8-14(20)4-5-17(13)24-2/h4-5,7-9,16H,3,6,10-11H2,1-2H3. The van der Waals surface area contributed by atoms with Gasteiger partial charge < -0.3 is 18.8 Å². The molecule has 1 amide bonds. The largest absolute Gasteiger partial charge is 0.496 e. The van der Waals surface area contributed by atoms with Gasteiger partial charge in [-0.3, -0.25) is 4.79 Å². The molecule has 2 heterocycles. The number of ether oxygens (including phenoxy) is 2. The van der Waals surface area contributed by atoms with Crippen molar-refractivity contribution in [2.45, 2.75) is 25.9 Å². The van der Waals surface area contributed by atoms with Gasteiger partial charge in [-0.1, -0.05) is 15.9 Å². The Kier molecular flexibility index (Phi) is 5.66. The van der Waals surface area contributed by atoms with Gasteiger partial charge in [0.15, 0.2) is 0 Å². The van der Waals surface area contributed by atoms with Crippen LogP contribution in [0.25, 0.3) is 0 Å². The van der Waals surface area contributed by atoms with Gasteiger partial charge in [0.1, 0.15) is 23.4 Å². The highest BCUT2D eigenvalue weighted by molar-refractivity contribution is 9.10. The molecule has 2 aromatic rings. The van der Waals surface area contributed by atoms with Gasteiger partial charge in [-0.2, -0.15) is 0 Å². The maximum Gasteiger partial charge on any atom is 0.339 e. The van der Waals surface area contributed by atoms with Crippen molar-refractivity contribution >= 4 is 21.8 Å². The van der Waals surface area contributed by atoms with Crippen molar-refractivity contribution in [2.24, 2.45) is 0 Å². The van der Waals surface area contributed by atoms with E-state index in [0.717, 1.165) is 15.8 Å². The molecule has 138 valence electrons. The van der Waals surface area contributed by atoms with Crippen molar-refractivity contribution in [3.8, 4) is 11.5 Å². The van der Waals surface area contributed by atoms with Gasteiger partial charge in [-0.15, -0.1) is 0 Å². The number of likely N-dealkylation sites (tertiary alicyclic amines) is 1. The van der Waals surface area contributed by atoms with Crippen LogP contribution in [0.3, 0.4) is 0 Å². The second kappa shape index (κ2) is 7.95. The third kappa shape index (κ3) is 4.46. The Balaban J connectivity index is 1.49. The fourth-order valence-corrected chi connectivity index (χ4v) is 3.30. The minimum atomic E-state index is -0.435. The molecule has 1 aromatic heterocycles. The molecule has 1 fully saturated rings. The van der Waals surface area contributed by atoms with Crippen molar-refractivity contribution in [2.75, 3.05) is 20.2 Å². The minimum Gasteiger partial charge on any atom is -0.496 e. The summed E-state index contributed by atoms with van der Waals surface area (Å²) in [5.74, 6) is 1.84. The molecule has 0 bridgehead atoms. The van der Waals surface area contributed by atoms with Crippen molar-refractivity contribution < 1.29 is 18.7 Å². The SMILES string of the molecule is COc1ccc(Br)cc1CCC(=O)N1CC(Oc2cc(C)oc(=O)c2)C1. The smallest absolute Gasteiger partial charge is 0.339 e. The van der Waals surface area contributed by atoms with E-state index >= 15 is 0 Å². The monoisotopic (exact) mass is 421 g/mol. The summed E-state index contributed by atoms with van der Waals surface area (Å²) in [5, 5.41) is 0. The maximum absolute atomic E-state index is 12.3. The highest BCUT2D eigenvalue weighted by Gasteiger charge is 2.32. The third-order valence-electron chi connectivity index (χ3n) is 4.22. The minimum absolute atomic E-state index is 0.0793. The van der Waals surface area contributed by atoms with Crippen LogP contribution in [0.5, 0.6) is 11.5 Å². The Morgan fingerprint density at radius 3 is 2.77 bits per heavy atom. The normalized spacial score (nSPS) is 14.0. The van der Waals surface area contributed by atoms with Crippen LogP contribution >= 0.6 is 15.9 Å². The first kappa shape index (κ1) is 18.5. The molecule has 0 N–H and O–H groups in total. The summed E-state index contributed by atoms with van der Waals surface area (Å²) in [7, 11) is 1.62. The Morgan fingerprint density at radius 1 is 1.31 bits per heavy atom. The quantitative estimate of drug-likeness (QED) is 0.716. The summed E-state index contributed by atoms with van der Waals surface area (Å²) in [5.41, 5.74) is 0.560. The number of hydrogen-bond acceptors (Lipinski definition) is 5. The number of carbonyl (C=O) groups is 1. The zero-order chi connectivity index (χ0) is 18.7. The first-order valence-corrected chi connectivity index (χ1v) is 9.12. The highest BCUT2D eigenvalue weighted by atomic mass is 79.9. The van der Waals surface area contributed by atoms with Gasteiger partial charge in [0, 0.05) is 17.0 Å². The Morgan fingerprint density at radius 2 is 2.08 bits per heavy atom. The molecule has 1 aliphatic rings. The number of carbonyl (C=O) groups excluding carboxylic acids is 1. The van der Waals surface area contributed by atoms with Crippen molar-refractivity contribution in [1.82, 2.24) is 4.90 Å². The van der Waals surface area contributed by atoms with Gasteiger partial charge in [-0.05, 0) is 37.1 Å². The van der Waals surface area contributed by atoms with Crippen LogP contribution in [0.2, 0.25) is 0 Å². The number of benzene rings is 1. The predicted molar refractivity (Wildman–Crippen MR) is 99.7 cm³/mol. The molecule has 0 spiro atoms. The van der Waals surface area contributed by atoms with Gasteiger partial charge >= 0.3 is 5.63 Å². The van der Waals surface area contributed by atoms with Crippen molar-refractivity contribution in [1.29, 1.82) is 0 Å². The van der Waals surface area contributed by atoms with Crippen LogP contribution < -0.4 is 15.1 Å². The van der Waals surface area contributed by atoms with E-state index in [9.17, 15) is 9.59 Å². The van der Waals surface area contributed by atoms with Gasteiger partial charge in [-0.25, -0.2) is 4.79 Å². The van der Waals surface area contributed by atoms with E-state index in [1.807, 2.05) is 18.2 Å². The van der Waals surface area contributed by atoms with Crippen LogP contribution in [0.15, 0.2) is 44.0 Å². The lowest BCUT2D eigenvalue weighted by atomic mass is 10.1. The van der Waals surface area contributed by atoms with Crippen LogP contribution in [0.1, 0.15) is 17.7 Å². The Hall–Kier alpha value is -2.28. The number of nitrogens with zero attached hydrogens (tertiary/aromatic N) is 1. The van der Waals surface area contributed by atoms with E-state index in [0.29, 0.717) is 37.4 Å². The molecule has 0 saturated carbocycles. The maximum atomic E-state index is 12.3. The average Bonchev–Trinajstić information content (AvgIpc) is 2.55. The van der Waals surface area contributed by atoms with E-state index in [4.69, 9.17) is 13.9 Å². The fraction of sp³-hybridized carbons (Fsp3) is 0.368. The number of aryl methyl sites for hydroxylation is 2. The van der Waals surface area contributed by atoms with Crippen molar-refractivity contribution in [3.63, 3.8) is 0 Å². The van der Waals surface area contributed by atoms with E-state index in [2.05, 4.69) is 15.9 Å². The third-order valence-corrected chi connectivity index (χ3v) is 4.71. The van der Waals surface area contributed by atoms with E-state index in [-0.39, 0.29) is 12.0 Å². The second-order valence-corrected chi connectivity index (χ2v) is 7.13. The summed E-state index contributed by atoms with van der Waals surface area (Å²) < 4.78 is 16.9. The molecule has 1 aliphatic heterocycles. The van der Waals surface area contributed by atoms with Crippen LogP contribution in [0, 0.1) is 6.92 Å². The molecular weight excluding hydrogens is 402 g/mol. The number of hydrogen-bond donors (Lipinski definition) is 0. The van der Waals surface area contributed by atoms with E-state index in [1.54, 1.807) is 25.0 Å². The number of methoxy groups -OCH3 is 1. The molecule has 1 aromatic carbocycles. The van der Waals surface area contributed by atoms with Crippen LogP contribution in [0.4, 0.5) is 0 Å². The molecule has 7 heteroatoms. The molecule has 0 unspecified atom stereocenters. The first-order chi connectivity index (χ1) is 12.4. The molecule has 1 saturated heterocycles. The summed E-state index contributed by atoms with van der Waals surface area (Å²) in [6.45, 7) is 2.74. The lowest BCUT2D eigenvalue weighted by Crippen LogP contribution is -2.56.